The molecular formula is C17H21NO5. The van der Waals surface area contributed by atoms with Gasteiger partial charge in [-0.1, -0.05) is 42.5 Å². The van der Waals surface area contributed by atoms with E-state index in [1.165, 1.54) is 7.11 Å². The summed E-state index contributed by atoms with van der Waals surface area (Å²) >= 11 is 0. The number of esters is 1. The highest BCUT2D eigenvalue weighted by atomic mass is 16.5. The minimum atomic E-state index is -0.589. The van der Waals surface area contributed by atoms with Gasteiger partial charge in [-0.2, -0.15) is 0 Å². The van der Waals surface area contributed by atoms with Gasteiger partial charge in [0, 0.05) is 0 Å². The Morgan fingerprint density at radius 1 is 1.26 bits per heavy atom. The zero-order valence-electron chi connectivity index (χ0n) is 13.0. The normalized spacial score (nSPS) is 23.3. The molecule has 2 rings (SSSR count). The topological polar surface area (TPSA) is 84.9 Å². The molecule has 6 heteroatoms. The summed E-state index contributed by atoms with van der Waals surface area (Å²) in [6.07, 6.45) is 2.75. The maximum atomic E-state index is 12.1. The monoisotopic (exact) mass is 319 g/mol. The van der Waals surface area contributed by atoms with Gasteiger partial charge in [-0.05, 0) is 5.56 Å². The number of nitrogens with one attached hydrogen (secondary N) is 1. The Morgan fingerprint density at radius 3 is 2.65 bits per heavy atom. The smallest absolute Gasteiger partial charge is 0.308 e. The average Bonchev–Trinajstić information content (AvgIpc) is 2.56. The van der Waals surface area contributed by atoms with Gasteiger partial charge in [0.15, 0.2) is 0 Å². The van der Waals surface area contributed by atoms with Gasteiger partial charge in [0.05, 0.1) is 38.7 Å². The summed E-state index contributed by atoms with van der Waals surface area (Å²) in [6, 6.07) is 8.97. The Morgan fingerprint density at radius 2 is 2.00 bits per heavy atom. The molecule has 0 radical (unpaired) electrons. The molecule has 23 heavy (non-hydrogen) atoms. The number of carbonyl (C=O) groups is 2. The fraction of sp³-hybridized carbons (Fsp3) is 0.412. The van der Waals surface area contributed by atoms with E-state index in [0.29, 0.717) is 0 Å². The molecular weight excluding hydrogens is 298 g/mol. The molecule has 0 saturated carbocycles. The van der Waals surface area contributed by atoms with Gasteiger partial charge >= 0.3 is 5.97 Å². The van der Waals surface area contributed by atoms with Crippen molar-refractivity contribution in [3.63, 3.8) is 0 Å². The molecule has 0 unspecified atom stereocenters. The number of ether oxygens (including phenoxy) is 2. The summed E-state index contributed by atoms with van der Waals surface area (Å²) < 4.78 is 10.2. The van der Waals surface area contributed by atoms with Crippen molar-refractivity contribution in [2.75, 3.05) is 13.7 Å². The predicted molar refractivity (Wildman–Crippen MR) is 83.6 cm³/mol. The molecule has 1 aromatic carbocycles. The molecule has 1 heterocycles. The molecule has 2 N–H and O–H groups in total. The van der Waals surface area contributed by atoms with Crippen LogP contribution in [0.25, 0.3) is 0 Å². The van der Waals surface area contributed by atoms with Crippen LogP contribution in [0, 0.1) is 0 Å². The standard InChI is InChI=1S/C17H21NO5/c1-22-17(21)10-13-7-8-14(15(11-19)23-13)18-16(20)9-12-5-3-2-4-6-12/h2-8,13-15,19H,9-11H2,1H3,(H,18,20)/t13-,14+,15-/m1/s1. The lowest BCUT2D eigenvalue weighted by atomic mass is 10.0. The predicted octanol–water partition coefficient (Wildman–Crippen LogP) is 0.593. The molecule has 0 spiro atoms. The van der Waals surface area contributed by atoms with E-state index >= 15 is 0 Å². The summed E-state index contributed by atoms with van der Waals surface area (Å²) in [6.45, 7) is -0.252. The molecule has 124 valence electrons. The Balaban J connectivity index is 1.92. The Labute approximate surface area is 135 Å². The van der Waals surface area contributed by atoms with Gasteiger partial charge < -0.3 is 19.9 Å². The molecule has 0 saturated heterocycles. The molecule has 6 nitrogen and oxygen atoms in total. The van der Waals surface area contributed by atoms with E-state index in [-0.39, 0.29) is 31.3 Å². The van der Waals surface area contributed by atoms with Crippen LogP contribution in [0.2, 0.25) is 0 Å². The summed E-state index contributed by atoms with van der Waals surface area (Å²) in [5.74, 6) is -0.540. The number of amides is 1. The fourth-order valence-corrected chi connectivity index (χ4v) is 2.40. The van der Waals surface area contributed by atoms with Gasteiger partial charge in [-0.3, -0.25) is 9.59 Å². The van der Waals surface area contributed by atoms with Crippen LogP contribution in [0.3, 0.4) is 0 Å². The van der Waals surface area contributed by atoms with Crippen LogP contribution in [0.4, 0.5) is 0 Å². The van der Waals surface area contributed by atoms with Crippen molar-refractivity contribution >= 4 is 11.9 Å². The summed E-state index contributed by atoms with van der Waals surface area (Å²) in [5, 5.41) is 12.3. The van der Waals surface area contributed by atoms with Crippen molar-refractivity contribution in [3.8, 4) is 0 Å². The van der Waals surface area contributed by atoms with Gasteiger partial charge in [0.25, 0.3) is 0 Å². The highest BCUT2D eigenvalue weighted by molar-refractivity contribution is 5.79. The van der Waals surface area contributed by atoms with E-state index in [0.717, 1.165) is 5.56 Å². The number of hydrogen-bond acceptors (Lipinski definition) is 5. The van der Waals surface area contributed by atoms with Crippen molar-refractivity contribution in [2.45, 2.75) is 31.1 Å². The second-order valence-corrected chi connectivity index (χ2v) is 5.32. The summed E-state index contributed by atoms with van der Waals surface area (Å²) in [5.41, 5.74) is 0.912. The lowest BCUT2D eigenvalue weighted by Crippen LogP contribution is -2.49. The third kappa shape index (κ3) is 5.19. The maximum Gasteiger partial charge on any atom is 0.308 e. The Kier molecular flexibility index (Phi) is 6.31. The SMILES string of the molecule is COC(=O)C[C@H]1C=C[C@H](NC(=O)Cc2ccccc2)[C@@H](CO)O1. The minimum Gasteiger partial charge on any atom is -0.469 e. The zero-order chi connectivity index (χ0) is 16.7. The third-order valence-corrected chi connectivity index (χ3v) is 3.59. The van der Waals surface area contributed by atoms with Crippen molar-refractivity contribution in [1.29, 1.82) is 0 Å². The first-order valence-corrected chi connectivity index (χ1v) is 7.47. The van der Waals surface area contributed by atoms with Gasteiger partial charge in [0.1, 0.15) is 6.10 Å². The summed E-state index contributed by atoms with van der Waals surface area (Å²) in [7, 11) is 1.31. The molecule has 1 aliphatic rings. The second kappa shape index (κ2) is 8.45. The van der Waals surface area contributed by atoms with Gasteiger partial charge in [0.2, 0.25) is 5.91 Å². The van der Waals surface area contributed by atoms with Crippen LogP contribution in [0.5, 0.6) is 0 Å². The number of aliphatic hydroxyl groups excluding tert-OH is 1. The van der Waals surface area contributed by atoms with E-state index in [2.05, 4.69) is 10.1 Å². The first-order valence-electron chi connectivity index (χ1n) is 7.47. The number of benzene rings is 1. The lowest BCUT2D eigenvalue weighted by Gasteiger charge is -2.31. The fourth-order valence-electron chi connectivity index (χ4n) is 2.40. The van der Waals surface area contributed by atoms with Crippen LogP contribution < -0.4 is 5.32 Å². The van der Waals surface area contributed by atoms with Gasteiger partial charge in [-0.25, -0.2) is 0 Å². The molecule has 1 amide bonds. The number of carbonyl (C=O) groups excluding carboxylic acids is 2. The van der Waals surface area contributed by atoms with E-state index in [1.54, 1.807) is 12.2 Å². The number of hydrogen-bond donors (Lipinski definition) is 2. The maximum absolute atomic E-state index is 12.1. The first kappa shape index (κ1) is 17.2. The number of methoxy groups -OCH3 is 1. The van der Waals surface area contributed by atoms with Crippen molar-refractivity contribution in [1.82, 2.24) is 5.32 Å². The van der Waals surface area contributed by atoms with E-state index in [9.17, 15) is 14.7 Å². The zero-order valence-corrected chi connectivity index (χ0v) is 13.0. The highest BCUT2D eigenvalue weighted by Crippen LogP contribution is 2.16. The molecule has 1 aromatic rings. The second-order valence-electron chi connectivity index (χ2n) is 5.32. The minimum absolute atomic E-state index is 0.0776. The molecule has 0 aliphatic carbocycles. The molecule has 0 bridgehead atoms. The third-order valence-electron chi connectivity index (χ3n) is 3.59. The first-order chi connectivity index (χ1) is 11.1. The van der Waals surface area contributed by atoms with Crippen molar-refractivity contribution < 1.29 is 24.2 Å². The lowest BCUT2D eigenvalue weighted by molar-refractivity contribution is -0.145. The highest BCUT2D eigenvalue weighted by Gasteiger charge is 2.29. The van der Waals surface area contributed by atoms with Crippen LogP contribution in [-0.2, 0) is 25.5 Å². The Hall–Kier alpha value is -2.18. The van der Waals surface area contributed by atoms with Crippen LogP contribution >= 0.6 is 0 Å². The quantitative estimate of drug-likeness (QED) is 0.592. The van der Waals surface area contributed by atoms with E-state index in [4.69, 9.17) is 4.74 Å². The summed E-state index contributed by atoms with van der Waals surface area (Å²) in [4.78, 5) is 23.4. The van der Waals surface area contributed by atoms with Crippen LogP contribution in [0.15, 0.2) is 42.5 Å². The van der Waals surface area contributed by atoms with Crippen molar-refractivity contribution in [3.05, 3.63) is 48.0 Å². The van der Waals surface area contributed by atoms with Gasteiger partial charge in [-0.15, -0.1) is 0 Å². The average molecular weight is 319 g/mol. The molecule has 0 aromatic heterocycles. The van der Waals surface area contributed by atoms with E-state index < -0.39 is 18.2 Å². The van der Waals surface area contributed by atoms with Crippen LogP contribution in [0.1, 0.15) is 12.0 Å². The van der Waals surface area contributed by atoms with Crippen LogP contribution in [-0.4, -0.2) is 48.9 Å². The van der Waals surface area contributed by atoms with E-state index in [1.807, 2.05) is 30.3 Å². The molecule has 1 aliphatic heterocycles. The van der Waals surface area contributed by atoms with Crippen molar-refractivity contribution in [2.24, 2.45) is 0 Å². The largest absolute Gasteiger partial charge is 0.469 e. The number of rotatable bonds is 6. The molecule has 3 atom stereocenters. The molecule has 0 fully saturated rings. The number of aliphatic hydroxyl groups is 1. The Bertz CT molecular complexity index is 557.